The highest BCUT2D eigenvalue weighted by molar-refractivity contribution is 9.09. The van der Waals surface area contributed by atoms with Gasteiger partial charge in [0.05, 0.1) is 16.5 Å². The smallest absolute Gasteiger partial charge is 0.387 e. The summed E-state index contributed by atoms with van der Waals surface area (Å²) in [4.78, 5) is 10.5. The van der Waals surface area contributed by atoms with Gasteiger partial charge in [-0.2, -0.15) is 14.0 Å². The number of ketones is 1. The second kappa shape index (κ2) is 5.73. The number of benzene rings is 1. The van der Waals surface area contributed by atoms with E-state index in [9.17, 15) is 13.6 Å². The zero-order chi connectivity index (χ0) is 13.0. The third-order valence-electron chi connectivity index (χ3n) is 2.00. The summed E-state index contributed by atoms with van der Waals surface area (Å²) in [6.07, 6.45) is 0. The van der Waals surface area contributed by atoms with Crippen LogP contribution in [0.15, 0.2) is 18.2 Å². The molecule has 0 saturated heterocycles. The highest BCUT2D eigenvalue weighted by Crippen LogP contribution is 2.30. The zero-order valence-electron chi connectivity index (χ0n) is 8.78. The number of halogens is 3. The lowest BCUT2D eigenvalue weighted by Gasteiger charge is -2.11. The first-order valence-corrected chi connectivity index (χ1v) is 5.50. The standard InChI is InChI=1S/C11H8BrF2NO2/c1-6(16)10(12)9-4-8(17-11(13)14)3-2-7(9)5-15/h2-4,10-11H,1H3. The van der Waals surface area contributed by atoms with Crippen molar-refractivity contribution in [1.82, 2.24) is 0 Å². The van der Waals surface area contributed by atoms with Gasteiger partial charge in [-0.05, 0) is 30.7 Å². The van der Waals surface area contributed by atoms with Crippen LogP contribution in [0.3, 0.4) is 0 Å². The topological polar surface area (TPSA) is 50.1 Å². The molecule has 0 aliphatic heterocycles. The first-order chi connectivity index (χ1) is 7.95. The van der Waals surface area contributed by atoms with Crippen molar-refractivity contribution in [3.05, 3.63) is 29.3 Å². The minimum absolute atomic E-state index is 0.0836. The first kappa shape index (κ1) is 13.6. The molecule has 90 valence electrons. The minimum atomic E-state index is -2.94. The van der Waals surface area contributed by atoms with Crippen LogP contribution in [0.2, 0.25) is 0 Å². The molecule has 1 aromatic rings. The van der Waals surface area contributed by atoms with E-state index in [-0.39, 0.29) is 17.1 Å². The third-order valence-corrected chi connectivity index (χ3v) is 3.14. The predicted molar refractivity (Wildman–Crippen MR) is 60.1 cm³/mol. The maximum Gasteiger partial charge on any atom is 0.387 e. The molecule has 0 radical (unpaired) electrons. The molecule has 0 aromatic heterocycles. The van der Waals surface area contributed by atoms with E-state index in [0.717, 1.165) is 0 Å². The van der Waals surface area contributed by atoms with E-state index in [1.54, 1.807) is 0 Å². The van der Waals surface area contributed by atoms with Crippen molar-refractivity contribution in [2.75, 3.05) is 0 Å². The van der Waals surface area contributed by atoms with E-state index in [1.165, 1.54) is 25.1 Å². The summed E-state index contributed by atoms with van der Waals surface area (Å²) in [5, 5.41) is 8.85. The third kappa shape index (κ3) is 3.49. The fourth-order valence-corrected chi connectivity index (χ4v) is 1.63. The summed E-state index contributed by atoms with van der Waals surface area (Å²) in [5.41, 5.74) is 0.557. The fourth-order valence-electron chi connectivity index (χ4n) is 1.25. The summed E-state index contributed by atoms with van der Waals surface area (Å²) < 4.78 is 28.3. The lowest BCUT2D eigenvalue weighted by atomic mass is 10.0. The molecule has 0 aliphatic carbocycles. The van der Waals surface area contributed by atoms with Gasteiger partial charge in [0.15, 0.2) is 0 Å². The van der Waals surface area contributed by atoms with Crippen molar-refractivity contribution in [2.24, 2.45) is 0 Å². The summed E-state index contributed by atoms with van der Waals surface area (Å²) in [5.74, 6) is -0.310. The molecular weight excluding hydrogens is 296 g/mol. The van der Waals surface area contributed by atoms with Gasteiger partial charge in [-0.3, -0.25) is 4.79 Å². The Morgan fingerprint density at radius 1 is 1.53 bits per heavy atom. The maximum atomic E-state index is 12.0. The molecule has 1 aromatic carbocycles. The molecular formula is C11H8BrF2NO2. The van der Waals surface area contributed by atoms with Crippen LogP contribution in [0.1, 0.15) is 22.9 Å². The molecule has 0 fully saturated rings. The molecule has 6 heteroatoms. The lowest BCUT2D eigenvalue weighted by Crippen LogP contribution is -2.06. The van der Waals surface area contributed by atoms with Gasteiger partial charge in [-0.1, -0.05) is 15.9 Å². The molecule has 0 aliphatic rings. The number of carbonyl (C=O) groups excluding carboxylic acids is 1. The molecule has 0 N–H and O–H groups in total. The molecule has 0 amide bonds. The van der Waals surface area contributed by atoms with Crippen LogP contribution in [0.25, 0.3) is 0 Å². The minimum Gasteiger partial charge on any atom is -0.435 e. The van der Waals surface area contributed by atoms with Gasteiger partial charge in [-0.15, -0.1) is 0 Å². The Bertz CT molecular complexity index is 471. The number of hydrogen-bond acceptors (Lipinski definition) is 3. The van der Waals surface area contributed by atoms with Gasteiger partial charge in [0.2, 0.25) is 0 Å². The SMILES string of the molecule is CC(=O)C(Br)c1cc(OC(F)F)ccc1C#N. The largest absolute Gasteiger partial charge is 0.435 e. The van der Waals surface area contributed by atoms with Crippen LogP contribution >= 0.6 is 15.9 Å². The second-order valence-electron chi connectivity index (χ2n) is 3.21. The second-order valence-corrected chi connectivity index (χ2v) is 4.13. The van der Waals surface area contributed by atoms with Crippen LogP contribution in [0, 0.1) is 11.3 Å². The van der Waals surface area contributed by atoms with Gasteiger partial charge in [0.25, 0.3) is 0 Å². The van der Waals surface area contributed by atoms with E-state index < -0.39 is 11.4 Å². The molecule has 1 rings (SSSR count). The van der Waals surface area contributed by atoms with Crippen molar-refractivity contribution >= 4 is 21.7 Å². The molecule has 3 nitrogen and oxygen atoms in total. The van der Waals surface area contributed by atoms with Crippen LogP contribution in [-0.2, 0) is 4.79 Å². The number of ether oxygens (including phenoxy) is 1. The summed E-state index contributed by atoms with van der Waals surface area (Å²) >= 11 is 3.10. The van der Waals surface area contributed by atoms with Gasteiger partial charge in [0.1, 0.15) is 11.5 Å². The van der Waals surface area contributed by atoms with E-state index in [0.29, 0.717) is 5.56 Å². The number of alkyl halides is 3. The van der Waals surface area contributed by atoms with Gasteiger partial charge in [0, 0.05) is 0 Å². The highest BCUT2D eigenvalue weighted by Gasteiger charge is 2.18. The Morgan fingerprint density at radius 2 is 2.18 bits per heavy atom. The van der Waals surface area contributed by atoms with Crippen LogP contribution in [0.4, 0.5) is 8.78 Å². The van der Waals surface area contributed by atoms with Crippen molar-refractivity contribution in [3.8, 4) is 11.8 Å². The monoisotopic (exact) mass is 303 g/mol. The average molecular weight is 304 g/mol. The van der Waals surface area contributed by atoms with E-state index in [4.69, 9.17) is 5.26 Å². The Balaban J connectivity index is 3.16. The molecule has 0 bridgehead atoms. The normalized spacial score (nSPS) is 12.0. The molecule has 0 heterocycles. The van der Waals surface area contributed by atoms with Crippen molar-refractivity contribution < 1.29 is 18.3 Å². The average Bonchev–Trinajstić information content (AvgIpc) is 2.27. The van der Waals surface area contributed by atoms with Crippen LogP contribution in [-0.4, -0.2) is 12.4 Å². The zero-order valence-corrected chi connectivity index (χ0v) is 10.4. The fraction of sp³-hybridized carbons (Fsp3) is 0.273. The number of hydrogen-bond donors (Lipinski definition) is 0. The molecule has 0 spiro atoms. The van der Waals surface area contributed by atoms with Gasteiger partial charge in [-0.25, -0.2) is 0 Å². The van der Waals surface area contributed by atoms with Crippen molar-refractivity contribution in [3.63, 3.8) is 0 Å². The van der Waals surface area contributed by atoms with E-state index >= 15 is 0 Å². The maximum absolute atomic E-state index is 12.0. The summed E-state index contributed by atoms with van der Waals surface area (Å²) in [6, 6.07) is 5.74. The molecule has 17 heavy (non-hydrogen) atoms. The number of nitriles is 1. The Hall–Kier alpha value is -1.48. The van der Waals surface area contributed by atoms with Crippen LogP contribution < -0.4 is 4.74 Å². The molecule has 1 atom stereocenters. The van der Waals surface area contributed by atoms with Crippen LogP contribution in [0.5, 0.6) is 5.75 Å². The van der Waals surface area contributed by atoms with Gasteiger partial charge < -0.3 is 4.74 Å². The Labute approximate surface area is 105 Å². The highest BCUT2D eigenvalue weighted by atomic mass is 79.9. The first-order valence-electron chi connectivity index (χ1n) is 4.59. The number of Topliss-reactive ketones (excluding diaryl/α,β-unsaturated/α-hetero) is 1. The Morgan fingerprint density at radius 3 is 2.65 bits per heavy atom. The Kier molecular flexibility index (Phi) is 4.58. The van der Waals surface area contributed by atoms with Gasteiger partial charge >= 0.3 is 6.61 Å². The van der Waals surface area contributed by atoms with E-state index in [1.807, 2.05) is 6.07 Å². The molecule has 1 unspecified atom stereocenters. The quantitative estimate of drug-likeness (QED) is 0.803. The number of nitrogens with zero attached hydrogens (tertiary/aromatic N) is 1. The summed E-state index contributed by atoms with van der Waals surface area (Å²) in [7, 11) is 0. The van der Waals surface area contributed by atoms with Crippen molar-refractivity contribution in [1.29, 1.82) is 5.26 Å². The summed E-state index contributed by atoms with van der Waals surface area (Å²) in [6.45, 7) is -1.61. The van der Waals surface area contributed by atoms with Crippen molar-refractivity contribution in [2.45, 2.75) is 18.4 Å². The predicted octanol–water partition coefficient (Wildman–Crippen LogP) is 3.18. The van der Waals surface area contributed by atoms with E-state index in [2.05, 4.69) is 20.7 Å². The number of rotatable bonds is 4. The molecule has 0 saturated carbocycles. The number of carbonyl (C=O) groups is 1. The lowest BCUT2D eigenvalue weighted by molar-refractivity contribution is -0.116.